The van der Waals surface area contributed by atoms with Gasteiger partial charge in [0, 0.05) is 48.2 Å². The third-order valence-corrected chi connectivity index (χ3v) is 5.18. The molecule has 0 amide bonds. The first kappa shape index (κ1) is 23.3. The van der Waals surface area contributed by atoms with E-state index in [0.29, 0.717) is 11.4 Å². The number of carbonyl (C=O) groups is 1. The van der Waals surface area contributed by atoms with Gasteiger partial charge in [0.05, 0.1) is 0 Å². The number of carboxylic acids is 1. The molecule has 0 aliphatic heterocycles. The Balaban J connectivity index is 2.21. The van der Waals surface area contributed by atoms with Gasteiger partial charge in [0.15, 0.2) is 0 Å². The van der Waals surface area contributed by atoms with Crippen molar-refractivity contribution in [1.82, 2.24) is 9.88 Å². The molecular weight excluding hydrogens is 422 g/mol. The average Bonchev–Trinajstić information content (AvgIpc) is 2.93. The number of benzene rings is 1. The summed E-state index contributed by atoms with van der Waals surface area (Å²) in [5.74, 6) is 0.405. The number of aliphatic carboxylic acids is 1. The van der Waals surface area contributed by atoms with Crippen molar-refractivity contribution in [1.29, 1.82) is 0 Å². The average molecular weight is 444 g/mol. The highest BCUT2D eigenvalue weighted by molar-refractivity contribution is 7.55. The van der Waals surface area contributed by atoms with Gasteiger partial charge in [-0.05, 0) is 11.6 Å². The zero-order valence-corrected chi connectivity index (χ0v) is 17.0. The Hall–Kier alpha value is -2.03. The van der Waals surface area contributed by atoms with Gasteiger partial charge >= 0.3 is 21.2 Å². The van der Waals surface area contributed by atoms with Gasteiger partial charge in [-0.1, -0.05) is 30.4 Å². The number of hydrogen-bond acceptors (Lipinski definition) is 4. The minimum atomic E-state index is -4.30. The van der Waals surface area contributed by atoms with Crippen LogP contribution >= 0.6 is 15.2 Å². The predicted octanol–water partition coefficient (Wildman–Crippen LogP) is 1.61. The number of aromatic nitrogens is 1. The van der Waals surface area contributed by atoms with Crippen LogP contribution in [0.4, 0.5) is 0 Å². The van der Waals surface area contributed by atoms with Crippen LogP contribution in [0.15, 0.2) is 54.2 Å². The van der Waals surface area contributed by atoms with E-state index in [1.165, 1.54) is 12.2 Å². The topological polar surface area (TPSA) is 169 Å². The first-order valence-electron chi connectivity index (χ1n) is 8.45. The highest BCUT2D eigenvalue weighted by atomic mass is 31.2. The van der Waals surface area contributed by atoms with Crippen molar-refractivity contribution >= 4 is 32.1 Å². The highest BCUT2D eigenvalue weighted by Crippen LogP contribution is 2.36. The van der Waals surface area contributed by atoms with Crippen molar-refractivity contribution in [3.63, 3.8) is 0 Å². The summed E-state index contributed by atoms with van der Waals surface area (Å²) in [6, 6.07) is 6.24. The standard InChI is InChI=1S/C17H22N2O8P2/c20-17(21)15(18-7-3-9-28(22,23)24)11-13-12-19(8-4-10-29(25,26)27)16-6-2-1-5-14(13)16/h1-6,9-10,12,15,18H,7-8,11H2,(H,20,21)(H2,22,23,24)(H2,25,26,27)/t15-/m0/s1. The number of carboxylic acid groups (broad SMARTS) is 1. The van der Waals surface area contributed by atoms with Crippen molar-refractivity contribution in [2.24, 2.45) is 0 Å². The van der Waals surface area contributed by atoms with E-state index in [1.807, 2.05) is 12.1 Å². The van der Waals surface area contributed by atoms with Gasteiger partial charge in [-0.25, -0.2) is 0 Å². The number of rotatable bonds is 10. The second kappa shape index (κ2) is 9.65. The number of nitrogens with one attached hydrogen (secondary N) is 1. The first-order valence-corrected chi connectivity index (χ1v) is 11.8. The molecule has 0 bridgehead atoms. The maximum Gasteiger partial charge on any atom is 0.348 e. The molecule has 1 heterocycles. The molecule has 12 heteroatoms. The Kier molecular flexibility index (Phi) is 7.73. The Morgan fingerprint density at radius 2 is 1.69 bits per heavy atom. The number of para-hydroxylation sites is 1. The smallest absolute Gasteiger partial charge is 0.348 e. The van der Waals surface area contributed by atoms with Crippen molar-refractivity contribution < 1.29 is 38.6 Å². The van der Waals surface area contributed by atoms with Crippen LogP contribution in [-0.2, 0) is 26.9 Å². The van der Waals surface area contributed by atoms with E-state index in [4.69, 9.17) is 19.6 Å². The van der Waals surface area contributed by atoms with Crippen LogP contribution in [0.3, 0.4) is 0 Å². The van der Waals surface area contributed by atoms with E-state index in [1.54, 1.807) is 22.9 Å². The molecule has 0 spiro atoms. The molecule has 0 saturated carbocycles. The summed E-state index contributed by atoms with van der Waals surface area (Å²) in [4.78, 5) is 47.0. The molecule has 0 aliphatic rings. The molecule has 6 N–H and O–H groups in total. The summed E-state index contributed by atoms with van der Waals surface area (Å²) < 4.78 is 23.5. The molecule has 1 aromatic heterocycles. The Bertz CT molecular complexity index is 1020. The quantitative estimate of drug-likeness (QED) is 0.298. The van der Waals surface area contributed by atoms with E-state index in [2.05, 4.69) is 5.32 Å². The zero-order chi connectivity index (χ0) is 21.7. The van der Waals surface area contributed by atoms with Crippen LogP contribution in [-0.4, -0.2) is 47.8 Å². The second-order valence-electron chi connectivity index (χ2n) is 6.27. The van der Waals surface area contributed by atoms with Crippen LogP contribution in [0.25, 0.3) is 10.9 Å². The van der Waals surface area contributed by atoms with Crippen LogP contribution in [0, 0.1) is 0 Å². The third kappa shape index (κ3) is 7.72. The van der Waals surface area contributed by atoms with Crippen molar-refractivity contribution in [3.05, 3.63) is 59.8 Å². The summed E-state index contributed by atoms with van der Waals surface area (Å²) in [5, 5.41) is 13.0. The SMILES string of the molecule is O=C(O)[C@H](Cc1cn(CC=CP(=O)(O)O)c2ccccc12)NCC=CP(=O)(O)O. The predicted molar refractivity (Wildman–Crippen MR) is 107 cm³/mol. The van der Waals surface area contributed by atoms with Gasteiger partial charge < -0.3 is 34.6 Å². The van der Waals surface area contributed by atoms with E-state index in [-0.39, 0.29) is 19.5 Å². The lowest BCUT2D eigenvalue weighted by molar-refractivity contribution is -0.139. The third-order valence-electron chi connectivity index (χ3n) is 3.98. The number of nitrogens with zero attached hydrogens (tertiary/aromatic N) is 1. The van der Waals surface area contributed by atoms with Gasteiger partial charge in [0.1, 0.15) is 6.04 Å². The largest absolute Gasteiger partial charge is 0.480 e. The van der Waals surface area contributed by atoms with Crippen molar-refractivity contribution in [2.45, 2.75) is 19.0 Å². The maximum absolute atomic E-state index is 11.6. The molecule has 29 heavy (non-hydrogen) atoms. The van der Waals surface area contributed by atoms with E-state index >= 15 is 0 Å². The summed E-state index contributed by atoms with van der Waals surface area (Å²) in [7, 11) is -8.56. The van der Waals surface area contributed by atoms with E-state index in [0.717, 1.165) is 16.7 Å². The lowest BCUT2D eigenvalue weighted by atomic mass is 10.1. The fourth-order valence-electron chi connectivity index (χ4n) is 2.80. The van der Waals surface area contributed by atoms with Gasteiger partial charge in [0.2, 0.25) is 0 Å². The molecule has 0 aliphatic carbocycles. The Morgan fingerprint density at radius 1 is 1.07 bits per heavy atom. The van der Waals surface area contributed by atoms with Gasteiger partial charge in [-0.2, -0.15) is 0 Å². The summed E-state index contributed by atoms with van der Waals surface area (Å²) >= 11 is 0. The molecule has 0 unspecified atom stereocenters. The van der Waals surface area contributed by atoms with Gasteiger partial charge in [0.25, 0.3) is 0 Å². The Labute approximate surface area is 166 Å². The molecule has 0 saturated heterocycles. The van der Waals surface area contributed by atoms with Gasteiger partial charge in [-0.3, -0.25) is 13.9 Å². The number of fused-ring (bicyclic) bond motifs is 1. The zero-order valence-electron chi connectivity index (χ0n) is 15.2. The minimum absolute atomic E-state index is 0.0360. The molecule has 2 rings (SSSR count). The normalized spacial score (nSPS) is 14.2. The number of allylic oxidation sites excluding steroid dienone is 1. The van der Waals surface area contributed by atoms with Crippen LogP contribution in [0.5, 0.6) is 0 Å². The number of hydrogen-bond donors (Lipinski definition) is 6. The minimum Gasteiger partial charge on any atom is -0.480 e. The lowest BCUT2D eigenvalue weighted by Gasteiger charge is -2.12. The summed E-state index contributed by atoms with van der Waals surface area (Å²) in [6.07, 6.45) is 4.34. The second-order valence-corrected chi connectivity index (χ2v) is 9.23. The molecule has 0 radical (unpaired) electrons. The molecule has 0 fully saturated rings. The van der Waals surface area contributed by atoms with Crippen molar-refractivity contribution in [3.8, 4) is 0 Å². The van der Waals surface area contributed by atoms with E-state index < -0.39 is 27.2 Å². The highest BCUT2D eigenvalue weighted by Gasteiger charge is 2.20. The molecular formula is C17H22N2O8P2. The first-order chi connectivity index (χ1) is 13.5. The maximum atomic E-state index is 11.6. The molecule has 1 atom stereocenters. The molecule has 158 valence electrons. The molecule has 1 aromatic carbocycles. The Morgan fingerprint density at radius 3 is 2.31 bits per heavy atom. The summed E-state index contributed by atoms with van der Waals surface area (Å²) in [6.45, 7) is 0.160. The molecule has 10 nitrogen and oxygen atoms in total. The van der Waals surface area contributed by atoms with E-state index in [9.17, 15) is 19.0 Å². The monoisotopic (exact) mass is 444 g/mol. The summed E-state index contributed by atoms with van der Waals surface area (Å²) in [5.41, 5.74) is 1.49. The van der Waals surface area contributed by atoms with Crippen LogP contribution in [0.1, 0.15) is 5.56 Å². The molecule has 2 aromatic rings. The van der Waals surface area contributed by atoms with Crippen molar-refractivity contribution in [2.75, 3.05) is 6.54 Å². The fraction of sp³-hybridized carbons (Fsp3) is 0.235. The fourth-order valence-corrected chi connectivity index (χ4v) is 3.55. The van der Waals surface area contributed by atoms with Crippen LogP contribution < -0.4 is 5.32 Å². The van der Waals surface area contributed by atoms with Crippen LogP contribution in [0.2, 0.25) is 0 Å². The lowest BCUT2D eigenvalue weighted by Crippen LogP contribution is -2.38. The van der Waals surface area contributed by atoms with Gasteiger partial charge in [-0.15, -0.1) is 0 Å².